The molecule has 0 bridgehead atoms. The summed E-state index contributed by atoms with van der Waals surface area (Å²) in [6, 6.07) is 0. The predicted molar refractivity (Wildman–Crippen MR) is 121 cm³/mol. The Bertz CT molecular complexity index is 568. The zero-order chi connectivity index (χ0) is 18.4. The third-order valence-corrected chi connectivity index (χ3v) is 5.69. The maximum absolute atomic E-state index is 5.85. The standard InChI is InChI=1S/C18H33N5OS.HI/c1-7-15-8-20-16(25-15)9-21-17(19-6)22-12-18(4,5)23-10-13(2)24-14(3)11-23;/h8,13-14H,7,9-12H2,1-6H3,(H2,19,21,22);1H. The number of nitrogens with zero attached hydrogens (tertiary/aromatic N) is 3. The molecule has 0 aromatic carbocycles. The van der Waals surface area contributed by atoms with Crippen molar-refractivity contribution in [2.45, 2.75) is 65.3 Å². The SMILES string of the molecule is CCc1cnc(CNC(=NC)NCC(C)(C)N2CC(C)OC(C)C2)s1.I. The zero-order valence-electron chi connectivity index (χ0n) is 16.8. The number of nitrogens with one attached hydrogen (secondary N) is 2. The highest BCUT2D eigenvalue weighted by Crippen LogP contribution is 2.20. The molecule has 1 aliphatic heterocycles. The quantitative estimate of drug-likeness (QED) is 0.361. The highest BCUT2D eigenvalue weighted by molar-refractivity contribution is 14.0. The molecule has 2 atom stereocenters. The van der Waals surface area contributed by atoms with Crippen LogP contribution in [0.5, 0.6) is 0 Å². The second-order valence-electron chi connectivity index (χ2n) is 7.33. The molecular formula is C18H34IN5OS. The Hall–Kier alpha value is -0.450. The average molecular weight is 495 g/mol. The predicted octanol–water partition coefficient (Wildman–Crippen LogP) is 2.88. The van der Waals surface area contributed by atoms with Crippen LogP contribution in [0.15, 0.2) is 11.2 Å². The fraction of sp³-hybridized carbons (Fsp3) is 0.778. The molecule has 0 aliphatic carbocycles. The van der Waals surface area contributed by atoms with E-state index in [9.17, 15) is 0 Å². The van der Waals surface area contributed by atoms with Gasteiger partial charge in [0, 0.05) is 43.3 Å². The minimum Gasteiger partial charge on any atom is -0.373 e. The molecule has 6 nitrogen and oxygen atoms in total. The Kier molecular flexibility index (Phi) is 9.77. The molecule has 2 rings (SSSR count). The number of rotatable bonds is 6. The molecule has 26 heavy (non-hydrogen) atoms. The van der Waals surface area contributed by atoms with E-state index in [-0.39, 0.29) is 41.7 Å². The fourth-order valence-corrected chi connectivity index (χ4v) is 3.86. The van der Waals surface area contributed by atoms with Crippen molar-refractivity contribution in [3.63, 3.8) is 0 Å². The average Bonchev–Trinajstić information content (AvgIpc) is 3.02. The van der Waals surface area contributed by atoms with Gasteiger partial charge in [-0.1, -0.05) is 6.92 Å². The van der Waals surface area contributed by atoms with Gasteiger partial charge in [0.2, 0.25) is 0 Å². The van der Waals surface area contributed by atoms with Crippen molar-refractivity contribution in [3.05, 3.63) is 16.1 Å². The van der Waals surface area contributed by atoms with Gasteiger partial charge in [0.15, 0.2) is 5.96 Å². The van der Waals surface area contributed by atoms with Crippen LogP contribution in [0.1, 0.15) is 44.5 Å². The van der Waals surface area contributed by atoms with Gasteiger partial charge in [0.25, 0.3) is 0 Å². The van der Waals surface area contributed by atoms with Crippen LogP contribution in [0.4, 0.5) is 0 Å². The smallest absolute Gasteiger partial charge is 0.191 e. The van der Waals surface area contributed by atoms with Gasteiger partial charge in [-0.15, -0.1) is 35.3 Å². The molecule has 2 unspecified atom stereocenters. The summed E-state index contributed by atoms with van der Waals surface area (Å²) < 4.78 is 5.85. The Balaban J connectivity index is 0.00000338. The lowest BCUT2D eigenvalue weighted by Gasteiger charge is -2.45. The van der Waals surface area contributed by atoms with E-state index in [4.69, 9.17) is 4.74 Å². The number of hydrogen-bond donors (Lipinski definition) is 2. The van der Waals surface area contributed by atoms with Crippen molar-refractivity contribution in [2.24, 2.45) is 4.99 Å². The molecule has 1 aromatic heterocycles. The first-order valence-corrected chi connectivity index (χ1v) is 9.94. The van der Waals surface area contributed by atoms with Crippen LogP contribution in [0.2, 0.25) is 0 Å². The molecule has 2 heterocycles. The Morgan fingerprint density at radius 1 is 1.35 bits per heavy atom. The Morgan fingerprint density at radius 3 is 2.54 bits per heavy atom. The van der Waals surface area contributed by atoms with E-state index in [1.807, 2.05) is 6.20 Å². The molecule has 2 N–H and O–H groups in total. The van der Waals surface area contributed by atoms with E-state index in [1.54, 1.807) is 18.4 Å². The normalized spacial score (nSPS) is 22.0. The number of ether oxygens (including phenoxy) is 1. The number of hydrogen-bond acceptors (Lipinski definition) is 5. The first-order valence-electron chi connectivity index (χ1n) is 9.12. The second-order valence-corrected chi connectivity index (χ2v) is 8.53. The zero-order valence-corrected chi connectivity index (χ0v) is 20.0. The molecule has 8 heteroatoms. The van der Waals surface area contributed by atoms with Gasteiger partial charge in [-0.05, 0) is 34.1 Å². The van der Waals surface area contributed by atoms with Crippen LogP contribution in [0.25, 0.3) is 0 Å². The number of guanidine groups is 1. The maximum Gasteiger partial charge on any atom is 0.191 e. The van der Waals surface area contributed by atoms with Crippen molar-refractivity contribution in [1.29, 1.82) is 0 Å². The Morgan fingerprint density at radius 2 is 2.00 bits per heavy atom. The van der Waals surface area contributed by atoms with Gasteiger partial charge in [-0.3, -0.25) is 9.89 Å². The summed E-state index contributed by atoms with van der Waals surface area (Å²) >= 11 is 1.75. The van der Waals surface area contributed by atoms with E-state index in [2.05, 4.69) is 60.1 Å². The van der Waals surface area contributed by atoms with E-state index >= 15 is 0 Å². The molecule has 1 fully saturated rings. The number of thiazole rings is 1. The highest BCUT2D eigenvalue weighted by Gasteiger charge is 2.33. The van der Waals surface area contributed by atoms with Crippen LogP contribution in [-0.2, 0) is 17.7 Å². The van der Waals surface area contributed by atoms with Crippen LogP contribution >= 0.6 is 35.3 Å². The van der Waals surface area contributed by atoms with Crippen molar-refractivity contribution in [1.82, 2.24) is 20.5 Å². The molecular weight excluding hydrogens is 461 g/mol. The molecule has 0 spiro atoms. The summed E-state index contributed by atoms with van der Waals surface area (Å²) in [6.45, 7) is 14.4. The van der Waals surface area contributed by atoms with Crippen LogP contribution < -0.4 is 10.6 Å². The van der Waals surface area contributed by atoms with Gasteiger partial charge in [0.1, 0.15) is 5.01 Å². The molecule has 0 saturated carbocycles. The van der Waals surface area contributed by atoms with Crippen molar-refractivity contribution < 1.29 is 4.74 Å². The molecule has 150 valence electrons. The summed E-state index contributed by atoms with van der Waals surface area (Å²) in [5.41, 5.74) is 0.0283. The summed E-state index contributed by atoms with van der Waals surface area (Å²) in [5, 5.41) is 7.91. The lowest BCUT2D eigenvalue weighted by Crippen LogP contribution is -2.59. The molecule has 0 amide bonds. The van der Waals surface area contributed by atoms with Gasteiger partial charge in [0.05, 0.1) is 18.8 Å². The maximum atomic E-state index is 5.85. The van der Waals surface area contributed by atoms with Crippen molar-refractivity contribution >= 4 is 41.3 Å². The van der Waals surface area contributed by atoms with E-state index in [0.29, 0.717) is 6.54 Å². The van der Waals surface area contributed by atoms with Gasteiger partial charge in [-0.25, -0.2) is 4.98 Å². The summed E-state index contributed by atoms with van der Waals surface area (Å²) in [5.74, 6) is 0.815. The summed E-state index contributed by atoms with van der Waals surface area (Å²) in [4.78, 5) is 12.6. The van der Waals surface area contributed by atoms with Crippen molar-refractivity contribution in [2.75, 3.05) is 26.7 Å². The first-order chi connectivity index (χ1) is 11.8. The number of aromatic nitrogens is 1. The third-order valence-electron chi connectivity index (χ3n) is 4.54. The lowest BCUT2D eigenvalue weighted by molar-refractivity contribution is -0.0946. The third kappa shape index (κ3) is 6.94. The number of halogens is 1. The molecule has 1 aromatic rings. The molecule has 0 radical (unpaired) electrons. The minimum atomic E-state index is 0. The second kappa shape index (κ2) is 10.8. The first kappa shape index (κ1) is 23.6. The fourth-order valence-electron chi connectivity index (χ4n) is 3.06. The van der Waals surface area contributed by atoms with E-state index in [0.717, 1.165) is 37.0 Å². The van der Waals surface area contributed by atoms with Crippen LogP contribution in [0, 0.1) is 0 Å². The minimum absolute atomic E-state index is 0. The topological polar surface area (TPSA) is 61.8 Å². The lowest BCUT2D eigenvalue weighted by atomic mass is 10.00. The largest absolute Gasteiger partial charge is 0.373 e. The van der Waals surface area contributed by atoms with E-state index < -0.39 is 0 Å². The van der Waals surface area contributed by atoms with E-state index in [1.165, 1.54) is 4.88 Å². The summed E-state index contributed by atoms with van der Waals surface area (Å²) in [6.07, 6.45) is 3.55. The number of aryl methyl sites for hydroxylation is 1. The molecule has 1 aliphatic rings. The van der Waals surface area contributed by atoms with Gasteiger partial charge >= 0.3 is 0 Å². The van der Waals surface area contributed by atoms with Crippen molar-refractivity contribution in [3.8, 4) is 0 Å². The van der Waals surface area contributed by atoms with Gasteiger partial charge < -0.3 is 15.4 Å². The monoisotopic (exact) mass is 495 g/mol. The van der Waals surface area contributed by atoms with Gasteiger partial charge in [-0.2, -0.15) is 0 Å². The molecule has 1 saturated heterocycles. The summed E-state index contributed by atoms with van der Waals surface area (Å²) in [7, 11) is 1.81. The Labute approximate surface area is 179 Å². The highest BCUT2D eigenvalue weighted by atomic mass is 127. The van der Waals surface area contributed by atoms with Crippen LogP contribution in [-0.4, -0.2) is 60.3 Å². The number of aliphatic imine (C=N–C) groups is 1. The number of morpholine rings is 1. The van der Waals surface area contributed by atoms with Crippen LogP contribution in [0.3, 0.4) is 0 Å².